The molecule has 0 saturated heterocycles. The lowest BCUT2D eigenvalue weighted by molar-refractivity contribution is -0.120. The summed E-state index contributed by atoms with van der Waals surface area (Å²) in [7, 11) is 1.75. The van der Waals surface area contributed by atoms with E-state index in [4.69, 9.17) is 11.6 Å². The summed E-state index contributed by atoms with van der Waals surface area (Å²) in [6.07, 6.45) is 0. The molecule has 84 valence electrons. The number of halogens is 1. The van der Waals surface area contributed by atoms with Gasteiger partial charge in [0.2, 0.25) is 5.91 Å². The Hall–Kier alpha value is -0.580. The van der Waals surface area contributed by atoms with Crippen molar-refractivity contribution < 1.29 is 4.79 Å². The average Bonchev–Trinajstić information content (AvgIpc) is 2.47. The zero-order valence-corrected chi connectivity index (χ0v) is 10.6. The highest BCUT2D eigenvalue weighted by atomic mass is 35.5. The molecule has 1 aromatic heterocycles. The van der Waals surface area contributed by atoms with E-state index in [0.29, 0.717) is 6.54 Å². The lowest BCUT2D eigenvalue weighted by Gasteiger charge is -2.11. The Bertz CT molecular complexity index is 332. The molecular weight excluding hydrogens is 232 g/mol. The molecule has 0 aromatic carbocycles. The maximum Gasteiger partial charge on any atom is 0.234 e. The maximum atomic E-state index is 11.3. The summed E-state index contributed by atoms with van der Waals surface area (Å²) in [5, 5.41) is 5.69. The van der Waals surface area contributed by atoms with Crippen LogP contribution in [-0.2, 0) is 4.79 Å². The maximum absolute atomic E-state index is 11.3. The number of likely N-dealkylation sites (N-methyl/N-ethyl adjacent to an activating group) is 1. The van der Waals surface area contributed by atoms with Gasteiger partial charge < -0.3 is 10.6 Å². The fraction of sp³-hybridized carbons (Fsp3) is 0.500. The van der Waals surface area contributed by atoms with Gasteiger partial charge in [0, 0.05) is 4.88 Å². The summed E-state index contributed by atoms with van der Waals surface area (Å²) in [5.41, 5.74) is 1.06. The van der Waals surface area contributed by atoms with E-state index in [9.17, 15) is 4.79 Å². The zero-order chi connectivity index (χ0) is 11.4. The molecule has 1 atom stereocenters. The zero-order valence-electron chi connectivity index (χ0n) is 9.06. The van der Waals surface area contributed by atoms with E-state index >= 15 is 0 Å². The minimum atomic E-state index is -0.00724. The second-order valence-electron chi connectivity index (χ2n) is 3.43. The van der Waals surface area contributed by atoms with E-state index in [1.165, 1.54) is 11.3 Å². The fourth-order valence-electron chi connectivity index (χ4n) is 1.22. The van der Waals surface area contributed by atoms with Crippen LogP contribution in [0.3, 0.4) is 0 Å². The van der Waals surface area contributed by atoms with Crippen molar-refractivity contribution >= 4 is 28.8 Å². The summed E-state index contributed by atoms with van der Waals surface area (Å²) >= 11 is 7.48. The van der Waals surface area contributed by atoms with Crippen molar-refractivity contribution in [1.29, 1.82) is 0 Å². The SMILES string of the molecule is CNCC(=O)NC(C)c1cc(C)c(Cl)s1. The highest BCUT2D eigenvalue weighted by molar-refractivity contribution is 7.16. The van der Waals surface area contributed by atoms with E-state index < -0.39 is 0 Å². The Balaban J connectivity index is 2.60. The molecule has 2 N–H and O–H groups in total. The van der Waals surface area contributed by atoms with Gasteiger partial charge in [-0.3, -0.25) is 4.79 Å². The van der Waals surface area contributed by atoms with Gasteiger partial charge >= 0.3 is 0 Å². The smallest absolute Gasteiger partial charge is 0.234 e. The van der Waals surface area contributed by atoms with Crippen LogP contribution in [0.1, 0.15) is 23.4 Å². The van der Waals surface area contributed by atoms with Crippen molar-refractivity contribution in [2.75, 3.05) is 13.6 Å². The molecule has 3 nitrogen and oxygen atoms in total. The van der Waals surface area contributed by atoms with E-state index in [1.807, 2.05) is 19.9 Å². The van der Waals surface area contributed by atoms with Gasteiger partial charge in [0.15, 0.2) is 0 Å². The predicted molar refractivity (Wildman–Crippen MR) is 64.6 cm³/mol. The Morgan fingerprint density at radius 2 is 2.33 bits per heavy atom. The molecule has 0 fully saturated rings. The number of hydrogen-bond donors (Lipinski definition) is 2. The summed E-state index contributed by atoms with van der Waals surface area (Å²) in [6.45, 7) is 4.25. The van der Waals surface area contributed by atoms with Gasteiger partial charge in [-0.05, 0) is 32.5 Å². The van der Waals surface area contributed by atoms with Crippen molar-refractivity contribution in [2.24, 2.45) is 0 Å². The molecule has 5 heteroatoms. The van der Waals surface area contributed by atoms with Crippen molar-refractivity contribution in [1.82, 2.24) is 10.6 Å². The molecule has 0 aliphatic carbocycles. The lowest BCUT2D eigenvalue weighted by Crippen LogP contribution is -2.33. The highest BCUT2D eigenvalue weighted by Crippen LogP contribution is 2.30. The molecule has 1 aromatic rings. The molecule has 15 heavy (non-hydrogen) atoms. The first kappa shape index (κ1) is 12.5. The first-order valence-corrected chi connectivity index (χ1v) is 5.93. The largest absolute Gasteiger partial charge is 0.348 e. The van der Waals surface area contributed by atoms with E-state index in [0.717, 1.165) is 14.8 Å². The average molecular weight is 247 g/mol. The van der Waals surface area contributed by atoms with Crippen LogP contribution in [0.15, 0.2) is 6.07 Å². The number of thiophene rings is 1. The summed E-state index contributed by atoms with van der Waals surface area (Å²) in [4.78, 5) is 12.4. The molecule has 1 unspecified atom stereocenters. The summed E-state index contributed by atoms with van der Waals surface area (Å²) in [5.74, 6) is -0.00724. The van der Waals surface area contributed by atoms with Gasteiger partial charge in [-0.1, -0.05) is 11.6 Å². The Labute approximate surface area is 98.8 Å². The minimum absolute atomic E-state index is 0.00724. The molecule has 0 bridgehead atoms. The van der Waals surface area contributed by atoms with Crippen LogP contribution in [0.25, 0.3) is 0 Å². The second kappa shape index (κ2) is 5.49. The van der Waals surface area contributed by atoms with Gasteiger partial charge in [-0.25, -0.2) is 0 Å². The van der Waals surface area contributed by atoms with Crippen LogP contribution in [-0.4, -0.2) is 19.5 Å². The van der Waals surface area contributed by atoms with Gasteiger partial charge in [0.25, 0.3) is 0 Å². The number of aryl methyl sites for hydroxylation is 1. The third kappa shape index (κ3) is 3.48. The van der Waals surface area contributed by atoms with Gasteiger partial charge in [-0.15, -0.1) is 11.3 Å². The molecule has 0 radical (unpaired) electrons. The first-order chi connectivity index (χ1) is 7.04. The highest BCUT2D eigenvalue weighted by Gasteiger charge is 2.12. The first-order valence-electron chi connectivity index (χ1n) is 4.74. The summed E-state index contributed by atoms with van der Waals surface area (Å²) in [6, 6.07) is 2.03. The molecular formula is C10H15ClN2OS. The molecule has 1 heterocycles. The van der Waals surface area contributed by atoms with Gasteiger partial charge in [0.05, 0.1) is 16.9 Å². The van der Waals surface area contributed by atoms with Crippen LogP contribution < -0.4 is 10.6 Å². The molecule has 0 aliphatic rings. The van der Waals surface area contributed by atoms with Gasteiger partial charge in [-0.2, -0.15) is 0 Å². The topological polar surface area (TPSA) is 41.1 Å². The third-order valence-corrected chi connectivity index (χ3v) is 3.76. The fourth-order valence-corrected chi connectivity index (χ4v) is 2.44. The minimum Gasteiger partial charge on any atom is -0.348 e. The Morgan fingerprint density at radius 3 is 2.80 bits per heavy atom. The van der Waals surface area contributed by atoms with Crippen LogP contribution in [0.2, 0.25) is 4.34 Å². The number of rotatable bonds is 4. The second-order valence-corrected chi connectivity index (χ2v) is 5.11. The Morgan fingerprint density at radius 1 is 1.67 bits per heavy atom. The Kier molecular flexibility index (Phi) is 4.57. The van der Waals surface area contributed by atoms with E-state index in [1.54, 1.807) is 7.05 Å². The number of nitrogens with one attached hydrogen (secondary N) is 2. The van der Waals surface area contributed by atoms with Crippen LogP contribution in [0, 0.1) is 6.92 Å². The van der Waals surface area contributed by atoms with E-state index in [2.05, 4.69) is 10.6 Å². The van der Waals surface area contributed by atoms with Crippen LogP contribution in [0.5, 0.6) is 0 Å². The predicted octanol–water partition coefficient (Wildman–Crippen LogP) is 2.11. The monoisotopic (exact) mass is 246 g/mol. The quantitative estimate of drug-likeness (QED) is 0.855. The molecule has 1 amide bonds. The lowest BCUT2D eigenvalue weighted by atomic mass is 10.2. The summed E-state index contributed by atoms with van der Waals surface area (Å²) < 4.78 is 0.791. The molecule has 0 spiro atoms. The van der Waals surface area contributed by atoms with Crippen molar-refractivity contribution in [2.45, 2.75) is 19.9 Å². The number of carbonyl (C=O) groups excluding carboxylic acids is 1. The van der Waals surface area contributed by atoms with Crippen LogP contribution in [0.4, 0.5) is 0 Å². The van der Waals surface area contributed by atoms with Gasteiger partial charge in [0.1, 0.15) is 0 Å². The normalized spacial score (nSPS) is 12.5. The van der Waals surface area contributed by atoms with E-state index in [-0.39, 0.29) is 11.9 Å². The van der Waals surface area contributed by atoms with Crippen molar-refractivity contribution in [3.63, 3.8) is 0 Å². The molecule has 0 aliphatic heterocycles. The number of hydrogen-bond acceptors (Lipinski definition) is 3. The van der Waals surface area contributed by atoms with Crippen molar-refractivity contribution in [3.05, 3.63) is 20.8 Å². The van der Waals surface area contributed by atoms with Crippen molar-refractivity contribution in [3.8, 4) is 0 Å². The number of carbonyl (C=O) groups is 1. The van der Waals surface area contributed by atoms with Crippen LogP contribution >= 0.6 is 22.9 Å². The standard InChI is InChI=1S/C10H15ClN2OS/c1-6-4-8(15-10(6)11)7(2)13-9(14)5-12-3/h4,7,12H,5H2,1-3H3,(H,13,14). The molecule has 1 rings (SSSR count). The number of amides is 1. The third-order valence-electron chi connectivity index (χ3n) is 2.02. The molecule has 0 saturated carbocycles.